The topological polar surface area (TPSA) is 498 Å². The van der Waals surface area contributed by atoms with E-state index in [2.05, 4.69) is 63.1 Å². The Morgan fingerprint density at radius 2 is 1.10 bits per heavy atom. The zero-order valence-electron chi connectivity index (χ0n) is 58.0. The van der Waals surface area contributed by atoms with Gasteiger partial charge in [0.15, 0.2) is 5.96 Å². The number of nitrogens with two attached hydrogens (primary N) is 4. The highest BCUT2D eigenvalue weighted by atomic mass is 35.5. The standard InChI is InChI=1S/C71H94ClN17O14/c1-40(2)31-54(63(96)83-52(15-9-28-78-70(74)75)69(102)89-30-10-16-59(89)68(101)81-42(4)60(73)93)84-61(94)51(14-8-29-79-71(76)103)82-64(97)55(34-44-20-25-50(92)26-21-44)87-67(100)58(39-90)88-66(99)57(36-46-11-7-27-77-38-46)86-65(98)56(33-43-18-23-49(72)24-19-43)85-62(95)53(80-37-41(3)91)35-45-17-22-47-12-5-6-13-48(47)32-45/h5-7,11-13,17-27,32,38,40,42,51-59,80,90,92H,8-10,14-16,28-31,33-37,39H2,1-4H3,(H2,73,93)(H,81,101)(H,82,97)(H,83,96)(H,84,94)(H,85,95)(H,86,98)(H,87,100)(H,88,99)(H4,74,75,78)(H3,76,79,103)/t42?,51-,52?,53+,54?,55?,56?,57+,58?,59?/m0/s1. The summed E-state index contributed by atoms with van der Waals surface area (Å²) in [5.41, 5.74) is 24.0. The molecule has 2 heterocycles. The van der Waals surface area contributed by atoms with Gasteiger partial charge in [-0.2, -0.15) is 0 Å². The lowest BCUT2D eigenvalue weighted by atomic mass is 9.99. The maximum atomic E-state index is 14.9. The number of aromatic hydroxyl groups is 1. The van der Waals surface area contributed by atoms with Gasteiger partial charge in [0.25, 0.3) is 0 Å². The summed E-state index contributed by atoms with van der Waals surface area (Å²) in [7, 11) is 0. The van der Waals surface area contributed by atoms with Crippen molar-refractivity contribution >= 4 is 99.2 Å². The number of aromatic nitrogens is 1. The number of ketones is 1. The normalized spacial score (nSPS) is 15.2. The van der Waals surface area contributed by atoms with Crippen LogP contribution in [0.2, 0.25) is 5.02 Å². The van der Waals surface area contributed by atoms with Crippen molar-refractivity contribution in [2.45, 2.75) is 159 Å². The number of rotatable bonds is 40. The molecule has 1 aromatic heterocycles. The molecule has 1 aliphatic rings. The molecule has 1 aliphatic heterocycles. The number of hydrogen-bond donors (Lipinski definition) is 16. The first-order chi connectivity index (χ1) is 49.1. The number of urea groups is 1. The Bertz CT molecular complexity index is 3790. The largest absolute Gasteiger partial charge is 0.508 e. The number of aliphatic imine (C=N–C) groups is 1. The number of halogens is 1. The van der Waals surface area contributed by atoms with Gasteiger partial charge in [-0.1, -0.05) is 98.2 Å². The molecule has 103 heavy (non-hydrogen) atoms. The molecule has 1 saturated heterocycles. The number of nitrogens with one attached hydrogen (secondary N) is 10. The Labute approximate surface area is 601 Å². The van der Waals surface area contributed by atoms with E-state index in [1.54, 1.807) is 50.2 Å². The fourth-order valence-corrected chi connectivity index (χ4v) is 11.6. The van der Waals surface area contributed by atoms with Crippen molar-refractivity contribution in [1.82, 2.24) is 63.1 Å². The molecule has 6 rings (SSSR count). The maximum Gasteiger partial charge on any atom is 0.312 e. The number of carbonyl (C=O) groups is 12. The Hall–Kier alpha value is -10.8. The maximum absolute atomic E-state index is 14.9. The van der Waals surface area contributed by atoms with E-state index >= 15 is 0 Å². The van der Waals surface area contributed by atoms with Crippen LogP contribution in [-0.4, -0.2) is 190 Å². The number of pyridine rings is 1. The second-order valence-corrected chi connectivity index (χ2v) is 26.2. The number of carbonyl (C=O) groups excluding carboxylic acids is 12. The van der Waals surface area contributed by atoms with Gasteiger partial charge in [-0.15, -0.1) is 0 Å². The number of benzene rings is 4. The highest BCUT2D eigenvalue weighted by Crippen LogP contribution is 2.22. The minimum Gasteiger partial charge on any atom is -0.508 e. The number of fused-ring (bicyclic) bond motifs is 1. The number of guanidine groups is 1. The number of Topliss-reactive ketones (excluding diaryl/α,β-unsaturated/α-hetero) is 1. The first kappa shape index (κ1) is 81.2. The van der Waals surface area contributed by atoms with E-state index in [1.807, 2.05) is 42.5 Å². The van der Waals surface area contributed by atoms with Crippen LogP contribution >= 0.6 is 11.6 Å². The average Bonchev–Trinajstić information content (AvgIpc) is 1.81. The summed E-state index contributed by atoms with van der Waals surface area (Å²) in [5.74, 6) is -9.43. The van der Waals surface area contributed by atoms with Crippen molar-refractivity contribution in [2.75, 3.05) is 32.8 Å². The van der Waals surface area contributed by atoms with E-state index in [1.165, 1.54) is 55.4 Å². The second-order valence-electron chi connectivity index (χ2n) is 25.7. The Kier molecular flexibility index (Phi) is 32.0. The summed E-state index contributed by atoms with van der Waals surface area (Å²) < 4.78 is 0. The van der Waals surface area contributed by atoms with Crippen LogP contribution in [0.5, 0.6) is 5.75 Å². The summed E-state index contributed by atoms with van der Waals surface area (Å²) in [6, 6.07) is 13.9. The second kappa shape index (κ2) is 40.6. The molecule has 20 N–H and O–H groups in total. The van der Waals surface area contributed by atoms with Crippen molar-refractivity contribution < 1.29 is 67.7 Å². The minimum absolute atomic E-state index is 0.00104. The van der Waals surface area contributed by atoms with Crippen LogP contribution in [0, 0.1) is 5.92 Å². The molecule has 554 valence electrons. The third-order valence-electron chi connectivity index (χ3n) is 16.9. The molecule has 1 fully saturated rings. The molecule has 12 amide bonds. The molecule has 31 nitrogen and oxygen atoms in total. The first-order valence-electron chi connectivity index (χ1n) is 33.9. The van der Waals surface area contributed by atoms with Crippen LogP contribution in [-0.2, 0) is 78.4 Å². The van der Waals surface area contributed by atoms with Gasteiger partial charge in [-0.25, -0.2) is 4.79 Å². The van der Waals surface area contributed by atoms with Gasteiger partial charge < -0.3 is 85.9 Å². The summed E-state index contributed by atoms with van der Waals surface area (Å²) in [4.78, 5) is 176. The average molecular weight is 1450 g/mol. The molecular formula is C71H94ClN17O14. The number of phenolic OH excluding ortho intramolecular Hbond substituents is 1. The zero-order valence-corrected chi connectivity index (χ0v) is 58.7. The lowest BCUT2D eigenvalue weighted by Crippen LogP contribution is -2.61. The fourth-order valence-electron chi connectivity index (χ4n) is 11.5. The molecule has 0 saturated carbocycles. The Morgan fingerprint density at radius 3 is 1.67 bits per heavy atom. The number of phenols is 1. The predicted molar refractivity (Wildman–Crippen MR) is 383 cm³/mol. The quantitative estimate of drug-likeness (QED) is 0.0131. The number of aliphatic hydroxyl groups excluding tert-OH is 1. The fraction of sp³-hybridized carbons (Fsp3) is 0.437. The lowest BCUT2D eigenvalue weighted by Gasteiger charge is -2.31. The number of nitrogens with zero attached hydrogens (tertiary/aromatic N) is 3. The predicted octanol–water partition coefficient (Wildman–Crippen LogP) is -0.673. The Balaban J connectivity index is 1.26. The van der Waals surface area contributed by atoms with Gasteiger partial charge in [0.05, 0.1) is 19.2 Å². The van der Waals surface area contributed by atoms with Crippen LogP contribution in [0.1, 0.15) is 94.9 Å². The smallest absolute Gasteiger partial charge is 0.312 e. The first-order valence-corrected chi connectivity index (χ1v) is 34.3. The van der Waals surface area contributed by atoms with Crippen LogP contribution in [0.25, 0.3) is 10.8 Å². The van der Waals surface area contributed by atoms with Crippen molar-refractivity contribution in [3.63, 3.8) is 0 Å². The summed E-state index contributed by atoms with van der Waals surface area (Å²) in [6.45, 7) is 5.09. The molecule has 7 unspecified atom stereocenters. The molecule has 0 spiro atoms. The van der Waals surface area contributed by atoms with Crippen molar-refractivity contribution in [1.29, 1.82) is 0 Å². The number of likely N-dealkylation sites (tertiary alicyclic amines) is 1. The minimum atomic E-state index is -1.85. The number of hydrogen-bond acceptors (Lipinski definition) is 17. The number of amides is 12. The van der Waals surface area contributed by atoms with Gasteiger partial charge in [-0.05, 0) is 134 Å². The Morgan fingerprint density at radius 1 is 0.583 bits per heavy atom. The van der Waals surface area contributed by atoms with Gasteiger partial charge in [0.1, 0.15) is 65.9 Å². The van der Waals surface area contributed by atoms with E-state index in [4.69, 9.17) is 34.5 Å². The van der Waals surface area contributed by atoms with Crippen LogP contribution < -0.4 is 76.1 Å². The summed E-state index contributed by atoms with van der Waals surface area (Å²) >= 11 is 6.24. The molecule has 4 aromatic carbocycles. The van der Waals surface area contributed by atoms with E-state index in [9.17, 15) is 67.7 Å². The summed E-state index contributed by atoms with van der Waals surface area (Å²) in [6.07, 6.45) is 2.83. The molecule has 32 heteroatoms. The molecular weight excluding hydrogens is 1350 g/mol. The molecule has 0 radical (unpaired) electrons. The van der Waals surface area contributed by atoms with Gasteiger partial charge in [-0.3, -0.25) is 68.0 Å². The third kappa shape index (κ3) is 26.9. The van der Waals surface area contributed by atoms with Crippen molar-refractivity contribution in [3.05, 3.63) is 143 Å². The van der Waals surface area contributed by atoms with E-state index in [-0.39, 0.29) is 114 Å². The SMILES string of the molecule is CC(=O)CN[C@H](Cc1ccc2ccccc2c1)C(=O)NC(Cc1ccc(Cl)cc1)C(=O)N[C@H](Cc1cccnc1)C(=O)NC(CO)C(=O)NC(Cc1ccc(O)cc1)C(=O)N[C@@H](CCCNC(N)=O)C(=O)NC(CC(C)C)C(=O)NC(CCCN=C(N)N)C(=O)N1CCCC1C(=O)NC(C)C(N)=O. The molecule has 0 bridgehead atoms. The van der Waals surface area contributed by atoms with E-state index in [0.717, 1.165) is 16.3 Å². The monoisotopic (exact) mass is 1440 g/mol. The van der Waals surface area contributed by atoms with Gasteiger partial charge in [0.2, 0.25) is 59.1 Å². The highest BCUT2D eigenvalue weighted by molar-refractivity contribution is 6.30. The highest BCUT2D eigenvalue weighted by Gasteiger charge is 2.40. The lowest BCUT2D eigenvalue weighted by molar-refractivity contribution is -0.142. The third-order valence-corrected chi connectivity index (χ3v) is 17.2. The van der Waals surface area contributed by atoms with Gasteiger partial charge >= 0.3 is 6.03 Å². The number of primary amides is 2. The van der Waals surface area contributed by atoms with Crippen molar-refractivity contribution in [3.8, 4) is 5.75 Å². The van der Waals surface area contributed by atoms with Crippen LogP contribution in [0.3, 0.4) is 0 Å². The molecule has 10 atom stereocenters. The molecule has 0 aliphatic carbocycles. The van der Waals surface area contributed by atoms with Crippen LogP contribution in [0.15, 0.2) is 121 Å². The number of aliphatic hydroxyl groups is 1. The molecule has 5 aromatic rings. The van der Waals surface area contributed by atoms with Gasteiger partial charge in [0, 0.05) is 56.3 Å². The van der Waals surface area contributed by atoms with Crippen molar-refractivity contribution in [2.24, 2.45) is 33.8 Å². The van der Waals surface area contributed by atoms with E-state index < -0.39 is 132 Å². The van der Waals surface area contributed by atoms with E-state index in [0.29, 0.717) is 28.1 Å². The van der Waals surface area contributed by atoms with Crippen LogP contribution in [0.4, 0.5) is 4.79 Å². The summed E-state index contributed by atoms with van der Waals surface area (Å²) in [5, 5.41) is 50.0. The zero-order chi connectivity index (χ0) is 75.3.